The molecule has 1 aliphatic rings. The molecule has 27 heavy (non-hydrogen) atoms. The summed E-state index contributed by atoms with van der Waals surface area (Å²) in [5.74, 6) is 2.13. The van der Waals surface area contributed by atoms with Crippen molar-refractivity contribution >= 4 is 23.5 Å². The normalized spacial score (nSPS) is 12.6. The second kappa shape index (κ2) is 7.32. The highest BCUT2D eigenvalue weighted by Gasteiger charge is 2.23. The van der Waals surface area contributed by atoms with E-state index in [1.165, 1.54) is 12.3 Å². The smallest absolute Gasteiger partial charge is 0.273 e. The number of nitrogens with zero attached hydrogens (tertiary/aromatic N) is 2. The molecule has 2 N–H and O–H groups in total. The molecule has 7 nitrogen and oxygen atoms in total. The number of fused-ring (bicyclic) bond motifs is 1. The van der Waals surface area contributed by atoms with Crippen LogP contribution < -0.4 is 15.5 Å². The van der Waals surface area contributed by atoms with Crippen LogP contribution in [0.1, 0.15) is 27.3 Å². The van der Waals surface area contributed by atoms with Crippen molar-refractivity contribution in [1.29, 1.82) is 0 Å². The Balaban J connectivity index is 1.47. The Bertz CT molecular complexity index is 1040. The zero-order chi connectivity index (χ0) is 18.8. The number of H-pyrrole nitrogens is 1. The van der Waals surface area contributed by atoms with E-state index in [1.54, 1.807) is 23.5 Å². The van der Waals surface area contributed by atoms with Crippen LogP contribution >= 0.6 is 11.8 Å². The van der Waals surface area contributed by atoms with E-state index < -0.39 is 0 Å². The third-order valence-corrected chi connectivity index (χ3v) is 5.27. The zero-order valence-corrected chi connectivity index (χ0v) is 15.5. The van der Waals surface area contributed by atoms with Crippen molar-refractivity contribution in [3.63, 3.8) is 0 Å². The number of amides is 1. The number of aromatic amines is 1. The molecule has 0 aliphatic carbocycles. The number of hydrogen-bond donors (Lipinski definition) is 2. The summed E-state index contributed by atoms with van der Waals surface area (Å²) in [5, 5.41) is 7.26. The number of carbonyl (C=O) groups excluding carboxylic acids is 1. The first-order valence-electron chi connectivity index (χ1n) is 8.45. The lowest BCUT2D eigenvalue weighted by molar-refractivity contribution is 0.102. The van der Waals surface area contributed by atoms with Crippen molar-refractivity contribution < 1.29 is 9.53 Å². The fraction of sp³-hybridized carbons (Fsp3) is 0.211. The fourth-order valence-electron chi connectivity index (χ4n) is 2.91. The summed E-state index contributed by atoms with van der Waals surface area (Å²) in [6.45, 7) is 0.286. The van der Waals surface area contributed by atoms with Gasteiger partial charge >= 0.3 is 0 Å². The highest BCUT2D eigenvalue weighted by Crippen LogP contribution is 2.34. The van der Waals surface area contributed by atoms with E-state index in [2.05, 4.69) is 15.4 Å². The molecule has 1 amide bonds. The van der Waals surface area contributed by atoms with Crippen LogP contribution in [0.5, 0.6) is 5.75 Å². The maximum absolute atomic E-state index is 12.5. The minimum absolute atomic E-state index is 0.174. The first-order chi connectivity index (χ1) is 13.1. The molecule has 0 bridgehead atoms. The summed E-state index contributed by atoms with van der Waals surface area (Å²) in [5.41, 5.74) is 2.83. The summed E-state index contributed by atoms with van der Waals surface area (Å²) in [6.07, 6.45) is 1.42. The largest absolute Gasteiger partial charge is 0.483 e. The molecule has 0 saturated carbocycles. The van der Waals surface area contributed by atoms with Gasteiger partial charge in [-0.15, -0.1) is 0 Å². The quantitative estimate of drug-likeness (QED) is 0.708. The Morgan fingerprint density at radius 1 is 1.33 bits per heavy atom. The van der Waals surface area contributed by atoms with E-state index in [4.69, 9.17) is 4.74 Å². The highest BCUT2D eigenvalue weighted by atomic mass is 32.2. The first kappa shape index (κ1) is 17.4. The minimum Gasteiger partial charge on any atom is -0.483 e. The van der Waals surface area contributed by atoms with Gasteiger partial charge in [-0.05, 0) is 5.56 Å². The lowest BCUT2D eigenvalue weighted by atomic mass is 10.2. The average Bonchev–Trinajstić information content (AvgIpc) is 3.23. The van der Waals surface area contributed by atoms with Crippen molar-refractivity contribution in [3.8, 4) is 5.75 Å². The predicted molar refractivity (Wildman–Crippen MR) is 104 cm³/mol. The van der Waals surface area contributed by atoms with Crippen molar-refractivity contribution in [2.75, 3.05) is 5.32 Å². The third kappa shape index (κ3) is 3.61. The van der Waals surface area contributed by atoms with Gasteiger partial charge in [-0.25, -0.2) is 0 Å². The monoisotopic (exact) mass is 382 g/mol. The minimum atomic E-state index is -0.385. The van der Waals surface area contributed by atoms with Crippen LogP contribution in [0.25, 0.3) is 0 Å². The van der Waals surface area contributed by atoms with Crippen molar-refractivity contribution in [2.45, 2.75) is 18.1 Å². The molecule has 138 valence electrons. The molecule has 1 aromatic carbocycles. The molecule has 2 aromatic heterocycles. The van der Waals surface area contributed by atoms with E-state index in [1.807, 2.05) is 30.3 Å². The summed E-state index contributed by atoms with van der Waals surface area (Å²) >= 11 is 1.76. The van der Waals surface area contributed by atoms with Crippen LogP contribution in [-0.4, -0.2) is 20.7 Å². The van der Waals surface area contributed by atoms with Gasteiger partial charge in [0.15, 0.2) is 5.75 Å². The zero-order valence-electron chi connectivity index (χ0n) is 14.7. The van der Waals surface area contributed by atoms with E-state index in [9.17, 15) is 9.59 Å². The molecule has 0 radical (unpaired) electrons. The average molecular weight is 382 g/mol. The van der Waals surface area contributed by atoms with E-state index >= 15 is 0 Å². The summed E-state index contributed by atoms with van der Waals surface area (Å²) < 4.78 is 7.22. The molecule has 0 spiro atoms. The standard InChI is InChI=1S/C19H18N4O3S/c1-23-18(13-10-27-11-15(13)22-23)21-19(25)14-7-16(24)17(8-20-14)26-9-12-5-3-2-4-6-12/h2-8H,9-11H2,1H3,(H,20,24)(H,21,25). The Hall–Kier alpha value is -3.00. The van der Waals surface area contributed by atoms with Gasteiger partial charge in [0.2, 0.25) is 5.43 Å². The maximum atomic E-state index is 12.5. The number of thioether (sulfide) groups is 1. The van der Waals surface area contributed by atoms with Gasteiger partial charge in [-0.2, -0.15) is 16.9 Å². The van der Waals surface area contributed by atoms with Crippen molar-refractivity contribution in [2.24, 2.45) is 7.05 Å². The number of nitrogens with one attached hydrogen (secondary N) is 2. The van der Waals surface area contributed by atoms with Crippen LogP contribution in [0.15, 0.2) is 47.4 Å². The molecule has 0 unspecified atom stereocenters. The van der Waals surface area contributed by atoms with E-state index in [0.717, 1.165) is 28.3 Å². The van der Waals surface area contributed by atoms with E-state index in [0.29, 0.717) is 5.82 Å². The van der Waals surface area contributed by atoms with Gasteiger partial charge in [-0.3, -0.25) is 14.3 Å². The summed E-state index contributed by atoms with van der Waals surface area (Å²) in [7, 11) is 1.79. The van der Waals surface area contributed by atoms with Crippen LogP contribution in [0.3, 0.4) is 0 Å². The number of anilines is 1. The second-order valence-corrected chi connectivity index (χ2v) is 7.18. The number of aromatic nitrogens is 3. The highest BCUT2D eigenvalue weighted by molar-refractivity contribution is 7.98. The number of carbonyl (C=O) groups is 1. The SMILES string of the molecule is Cn1nc2c(c1NC(=O)c1cc(=O)c(OCc3ccccc3)c[nH]1)CSC2. The molecule has 1 aliphatic heterocycles. The molecule has 0 saturated heterocycles. The third-order valence-electron chi connectivity index (χ3n) is 4.30. The van der Waals surface area contributed by atoms with Crippen LogP contribution in [0, 0.1) is 0 Å². The first-order valence-corrected chi connectivity index (χ1v) is 9.60. The number of aryl methyl sites for hydroxylation is 1. The topological polar surface area (TPSA) is 89.0 Å². The molecule has 3 heterocycles. The molecule has 4 rings (SSSR count). The summed E-state index contributed by atoms with van der Waals surface area (Å²) in [6, 6.07) is 10.8. The van der Waals surface area contributed by atoms with Crippen LogP contribution in [-0.2, 0) is 25.2 Å². The predicted octanol–water partition coefficient (Wildman–Crippen LogP) is 2.69. The van der Waals surface area contributed by atoms with Gasteiger partial charge < -0.3 is 15.0 Å². The fourth-order valence-corrected chi connectivity index (χ4v) is 3.94. The Kier molecular flexibility index (Phi) is 4.72. The lowest BCUT2D eigenvalue weighted by Gasteiger charge is -2.09. The van der Waals surface area contributed by atoms with Crippen molar-refractivity contribution in [3.05, 3.63) is 75.3 Å². The molecular weight excluding hydrogens is 364 g/mol. The molecule has 0 fully saturated rings. The van der Waals surface area contributed by atoms with Gasteiger partial charge in [0.05, 0.1) is 5.69 Å². The second-order valence-electron chi connectivity index (χ2n) is 6.19. The van der Waals surface area contributed by atoms with Crippen LogP contribution in [0.4, 0.5) is 5.82 Å². The summed E-state index contributed by atoms with van der Waals surface area (Å²) in [4.78, 5) is 27.7. The van der Waals surface area contributed by atoms with Crippen LogP contribution in [0.2, 0.25) is 0 Å². The Labute approximate surface area is 159 Å². The van der Waals surface area contributed by atoms with Gasteiger partial charge in [0.1, 0.15) is 18.1 Å². The molecule has 0 atom stereocenters. The number of hydrogen-bond acceptors (Lipinski definition) is 5. The molecule has 8 heteroatoms. The maximum Gasteiger partial charge on any atom is 0.273 e. The molecular formula is C19H18N4O3S. The number of rotatable bonds is 5. The number of pyridine rings is 1. The van der Waals surface area contributed by atoms with Gasteiger partial charge in [0, 0.05) is 36.4 Å². The number of benzene rings is 1. The van der Waals surface area contributed by atoms with Gasteiger partial charge in [-0.1, -0.05) is 30.3 Å². The van der Waals surface area contributed by atoms with E-state index in [-0.39, 0.29) is 29.4 Å². The molecule has 3 aromatic rings. The van der Waals surface area contributed by atoms with Crippen molar-refractivity contribution in [1.82, 2.24) is 14.8 Å². The Morgan fingerprint density at radius 3 is 2.93 bits per heavy atom. The Morgan fingerprint density at radius 2 is 2.15 bits per heavy atom. The number of ether oxygens (including phenoxy) is 1. The lowest BCUT2D eigenvalue weighted by Crippen LogP contribution is -2.19. The van der Waals surface area contributed by atoms with Gasteiger partial charge in [0.25, 0.3) is 5.91 Å².